The van der Waals surface area contributed by atoms with Crippen LogP contribution >= 0.6 is 11.3 Å². The van der Waals surface area contributed by atoms with Gasteiger partial charge in [-0.3, -0.25) is 0 Å². The summed E-state index contributed by atoms with van der Waals surface area (Å²) in [6.45, 7) is 14.9. The Bertz CT molecular complexity index is 466. The number of aromatic nitrogens is 1. The lowest BCUT2D eigenvalue weighted by molar-refractivity contribution is 0.00578. The zero-order valence-corrected chi connectivity index (χ0v) is 14.6. The van der Waals surface area contributed by atoms with Crippen molar-refractivity contribution in [3.8, 4) is 0 Å². The molecule has 1 aliphatic rings. The lowest BCUT2D eigenvalue weighted by Gasteiger charge is -2.32. The van der Waals surface area contributed by atoms with E-state index in [0.717, 1.165) is 23.3 Å². The molecule has 0 unspecified atom stereocenters. The van der Waals surface area contributed by atoms with Crippen LogP contribution in [-0.4, -0.2) is 23.3 Å². The van der Waals surface area contributed by atoms with Crippen molar-refractivity contribution in [1.82, 2.24) is 4.98 Å². The summed E-state index contributed by atoms with van der Waals surface area (Å²) in [7, 11) is -0.272. The predicted octanol–water partition coefficient (Wildman–Crippen LogP) is 3.52. The van der Waals surface area contributed by atoms with Gasteiger partial charge in [-0.2, -0.15) is 0 Å². The molecule has 1 fully saturated rings. The first-order valence-corrected chi connectivity index (χ1v) is 8.34. The molecule has 1 aliphatic heterocycles. The number of nitrogens with zero attached hydrogens (tertiary/aromatic N) is 1. The molecule has 1 saturated heterocycles. The summed E-state index contributed by atoms with van der Waals surface area (Å²) in [5.41, 5.74) is 0.575. The molecular weight excluding hydrogens is 269 g/mol. The van der Waals surface area contributed by atoms with Gasteiger partial charge in [0.05, 0.1) is 26.7 Å². The van der Waals surface area contributed by atoms with Crippen LogP contribution in [0, 0.1) is 0 Å². The third kappa shape index (κ3) is 2.81. The van der Waals surface area contributed by atoms with E-state index in [2.05, 4.69) is 48.5 Å². The molecule has 0 atom stereocenters. The number of hydrogen-bond donors (Lipinski definition) is 0. The molecule has 0 radical (unpaired) electrons. The first kappa shape index (κ1) is 16.0. The van der Waals surface area contributed by atoms with Crippen LogP contribution in [0.5, 0.6) is 0 Å². The summed E-state index contributed by atoms with van der Waals surface area (Å²) in [4.78, 5) is 4.80. The molecular formula is C15H26BNO2S. The molecule has 2 heterocycles. The van der Waals surface area contributed by atoms with Crippen LogP contribution in [0.3, 0.4) is 0 Å². The second-order valence-corrected chi connectivity index (χ2v) is 7.92. The highest BCUT2D eigenvalue weighted by molar-refractivity contribution is 7.22. The molecule has 112 valence electrons. The molecule has 0 bridgehead atoms. The first-order valence-electron chi connectivity index (χ1n) is 7.53. The fourth-order valence-corrected chi connectivity index (χ4v) is 3.25. The van der Waals surface area contributed by atoms with Gasteiger partial charge in [-0.25, -0.2) is 4.98 Å². The number of thiazole rings is 1. The molecule has 0 N–H and O–H groups in total. The first-order chi connectivity index (χ1) is 9.18. The van der Waals surface area contributed by atoms with E-state index in [-0.39, 0.29) is 18.3 Å². The Labute approximate surface area is 127 Å². The molecule has 3 nitrogen and oxygen atoms in total. The molecule has 5 heteroatoms. The van der Waals surface area contributed by atoms with Gasteiger partial charge in [0.25, 0.3) is 0 Å². The molecule has 20 heavy (non-hydrogen) atoms. The van der Waals surface area contributed by atoms with Crippen LogP contribution in [0.15, 0.2) is 0 Å². The highest BCUT2D eigenvalue weighted by atomic mass is 32.1. The van der Waals surface area contributed by atoms with E-state index in [0.29, 0.717) is 5.92 Å². The van der Waals surface area contributed by atoms with E-state index in [1.807, 2.05) is 0 Å². The van der Waals surface area contributed by atoms with E-state index in [4.69, 9.17) is 14.3 Å². The Hall–Kier alpha value is -0.385. The van der Waals surface area contributed by atoms with Crippen LogP contribution in [-0.2, 0) is 15.7 Å². The van der Waals surface area contributed by atoms with Crippen LogP contribution < -0.4 is 4.78 Å². The van der Waals surface area contributed by atoms with E-state index in [1.165, 1.54) is 5.01 Å². The standard InChI is InChI=1S/C15H26BNO2S/c1-8-9-11-12(20-13(17-11)10(2)3)16-18-14(4,5)15(6,7)19-16/h10H,8-9H2,1-7H3. The minimum atomic E-state index is -0.289. The number of aryl methyl sites for hydroxylation is 1. The SMILES string of the molecule is CCCc1nc(C(C)C)sc1B1OC(C)(C)C(C)(C)O1. The van der Waals surface area contributed by atoms with E-state index in [1.54, 1.807) is 11.3 Å². The smallest absolute Gasteiger partial charge is 0.399 e. The molecule has 0 aliphatic carbocycles. The summed E-state index contributed by atoms with van der Waals surface area (Å²) in [6, 6.07) is 0. The van der Waals surface area contributed by atoms with E-state index < -0.39 is 0 Å². The monoisotopic (exact) mass is 295 g/mol. The summed E-state index contributed by atoms with van der Waals surface area (Å²) < 4.78 is 13.5. The molecule has 1 aromatic heterocycles. The number of rotatable bonds is 4. The lowest BCUT2D eigenvalue weighted by Crippen LogP contribution is -2.41. The third-order valence-corrected chi connectivity index (χ3v) is 5.61. The van der Waals surface area contributed by atoms with Gasteiger partial charge in [0.1, 0.15) is 0 Å². The minimum Gasteiger partial charge on any atom is -0.399 e. The topological polar surface area (TPSA) is 31.4 Å². The Morgan fingerprint density at radius 2 is 1.70 bits per heavy atom. The van der Waals surface area contributed by atoms with Crippen molar-refractivity contribution in [3.63, 3.8) is 0 Å². The average molecular weight is 295 g/mol. The van der Waals surface area contributed by atoms with E-state index >= 15 is 0 Å². The maximum atomic E-state index is 6.18. The highest BCUT2D eigenvalue weighted by Gasteiger charge is 2.53. The zero-order valence-electron chi connectivity index (χ0n) is 13.7. The maximum Gasteiger partial charge on any atom is 0.507 e. The summed E-state index contributed by atoms with van der Waals surface area (Å²) in [5, 5.41) is 1.18. The molecule has 0 saturated carbocycles. The van der Waals surface area contributed by atoms with Gasteiger partial charge in [0.2, 0.25) is 0 Å². The Kier molecular flexibility index (Phi) is 4.34. The Balaban J connectivity index is 2.33. The molecule has 1 aromatic rings. The van der Waals surface area contributed by atoms with Gasteiger partial charge in [-0.15, -0.1) is 11.3 Å². The van der Waals surface area contributed by atoms with Crippen LogP contribution in [0.2, 0.25) is 0 Å². The van der Waals surface area contributed by atoms with Crippen molar-refractivity contribution < 1.29 is 9.31 Å². The lowest BCUT2D eigenvalue weighted by atomic mass is 9.85. The predicted molar refractivity (Wildman–Crippen MR) is 85.9 cm³/mol. The quantitative estimate of drug-likeness (QED) is 0.796. The number of hydrogen-bond acceptors (Lipinski definition) is 4. The van der Waals surface area contributed by atoms with E-state index in [9.17, 15) is 0 Å². The largest absolute Gasteiger partial charge is 0.507 e. The van der Waals surface area contributed by atoms with Gasteiger partial charge in [0, 0.05) is 5.92 Å². The normalized spacial score (nSPS) is 20.9. The van der Waals surface area contributed by atoms with Crippen molar-refractivity contribution in [2.24, 2.45) is 0 Å². The highest BCUT2D eigenvalue weighted by Crippen LogP contribution is 2.37. The van der Waals surface area contributed by atoms with Crippen molar-refractivity contribution >= 4 is 23.2 Å². The van der Waals surface area contributed by atoms with Crippen molar-refractivity contribution in [2.45, 2.75) is 78.4 Å². The summed E-state index contributed by atoms with van der Waals surface area (Å²) in [6.07, 6.45) is 2.08. The molecule has 0 spiro atoms. The molecule has 2 rings (SSSR count). The molecule has 0 aromatic carbocycles. The summed E-state index contributed by atoms with van der Waals surface area (Å²) in [5.74, 6) is 0.451. The Morgan fingerprint density at radius 3 is 2.15 bits per heavy atom. The van der Waals surface area contributed by atoms with Crippen molar-refractivity contribution in [1.29, 1.82) is 0 Å². The van der Waals surface area contributed by atoms with Crippen LogP contribution in [0.4, 0.5) is 0 Å². The zero-order chi connectivity index (χ0) is 15.1. The minimum absolute atomic E-state index is 0.272. The van der Waals surface area contributed by atoms with Gasteiger partial charge < -0.3 is 9.31 Å². The summed E-state index contributed by atoms with van der Waals surface area (Å²) >= 11 is 1.75. The van der Waals surface area contributed by atoms with Crippen LogP contribution in [0.25, 0.3) is 0 Å². The van der Waals surface area contributed by atoms with Crippen molar-refractivity contribution in [2.75, 3.05) is 0 Å². The fourth-order valence-electron chi connectivity index (χ4n) is 2.18. The maximum absolute atomic E-state index is 6.18. The molecule has 0 amide bonds. The Morgan fingerprint density at radius 1 is 1.15 bits per heavy atom. The second-order valence-electron chi connectivity index (χ2n) is 6.86. The second kappa shape index (κ2) is 5.43. The van der Waals surface area contributed by atoms with Gasteiger partial charge in [-0.1, -0.05) is 27.2 Å². The fraction of sp³-hybridized carbons (Fsp3) is 0.800. The average Bonchev–Trinajstić information content (AvgIpc) is 2.79. The van der Waals surface area contributed by atoms with Gasteiger partial charge >= 0.3 is 7.12 Å². The van der Waals surface area contributed by atoms with Crippen LogP contribution in [0.1, 0.15) is 71.5 Å². The third-order valence-electron chi connectivity index (χ3n) is 4.19. The van der Waals surface area contributed by atoms with Gasteiger partial charge in [-0.05, 0) is 34.1 Å². The van der Waals surface area contributed by atoms with Crippen molar-refractivity contribution in [3.05, 3.63) is 10.7 Å². The van der Waals surface area contributed by atoms with Gasteiger partial charge in [0.15, 0.2) is 0 Å².